The van der Waals surface area contributed by atoms with E-state index in [1.165, 1.54) is 15.4 Å². The highest BCUT2D eigenvalue weighted by molar-refractivity contribution is 6.02. The minimum atomic E-state index is -0.469. The lowest BCUT2D eigenvalue weighted by molar-refractivity contribution is -0.130. The van der Waals surface area contributed by atoms with E-state index in [1.807, 2.05) is 6.07 Å². The Hall–Kier alpha value is -4.16. The summed E-state index contributed by atoms with van der Waals surface area (Å²) >= 11 is 0. The van der Waals surface area contributed by atoms with Gasteiger partial charge in [0, 0.05) is 19.3 Å². The van der Waals surface area contributed by atoms with Crippen LogP contribution < -0.4 is 15.0 Å². The quantitative estimate of drug-likeness (QED) is 0.450. The summed E-state index contributed by atoms with van der Waals surface area (Å²) in [5, 5.41) is 9.65. The van der Waals surface area contributed by atoms with Gasteiger partial charge in [0.05, 0.1) is 20.3 Å². The van der Waals surface area contributed by atoms with E-state index >= 15 is 0 Å². The second kappa shape index (κ2) is 9.32. The number of morpholine rings is 1. The number of carbonyl (C=O) groups excluding carboxylic acids is 1. The predicted octanol–water partition coefficient (Wildman–Crippen LogP) is 2.26. The van der Waals surface area contributed by atoms with Crippen LogP contribution in [0.5, 0.6) is 17.4 Å². The third kappa shape index (κ3) is 4.31. The molecule has 0 saturated carbocycles. The summed E-state index contributed by atoms with van der Waals surface area (Å²) in [5.41, 5.74) is -0.262. The van der Waals surface area contributed by atoms with Crippen molar-refractivity contribution in [1.82, 2.24) is 14.3 Å². The molecule has 0 bridgehead atoms. The fraction of sp³-hybridized carbons (Fsp3) is 0.217. The lowest BCUT2D eigenvalue weighted by atomic mass is 10.1. The third-order valence-electron chi connectivity index (χ3n) is 4.95. The van der Waals surface area contributed by atoms with Crippen LogP contribution >= 0.6 is 0 Å². The molecular weight excluding hydrogens is 412 g/mol. The molecule has 3 heterocycles. The number of nitriles is 1. The molecule has 32 heavy (non-hydrogen) atoms. The molecule has 1 fully saturated rings. The Bertz CT molecular complexity index is 1270. The van der Waals surface area contributed by atoms with Crippen LogP contribution in [-0.2, 0) is 9.53 Å². The first kappa shape index (κ1) is 21.1. The molecule has 4 rings (SSSR count). The maximum Gasteiger partial charge on any atom is 0.269 e. The van der Waals surface area contributed by atoms with Crippen molar-refractivity contribution >= 4 is 17.6 Å². The molecule has 0 spiro atoms. The molecule has 9 nitrogen and oxygen atoms in total. The maximum absolute atomic E-state index is 13.2. The van der Waals surface area contributed by atoms with E-state index in [9.17, 15) is 14.9 Å². The number of fused-ring (bicyclic) bond motifs is 1. The third-order valence-corrected chi connectivity index (χ3v) is 4.95. The summed E-state index contributed by atoms with van der Waals surface area (Å²) in [6.07, 6.45) is 2.81. The molecule has 0 radical (unpaired) electrons. The highest BCUT2D eigenvalue weighted by Gasteiger charge is 2.23. The standard InChI is InChI=1S/C23H20N4O5/c1-30-17-5-7-18(8-6-17)32-21-19(23(29)27-9-3-2-4-20(27)25-21)14-16(15-24)22(28)26-10-12-31-13-11-26/h2-9,14H,10-13H2,1H3/b16-14+. The van der Waals surface area contributed by atoms with E-state index in [4.69, 9.17) is 14.2 Å². The number of methoxy groups -OCH3 is 1. The summed E-state index contributed by atoms with van der Waals surface area (Å²) in [7, 11) is 1.56. The number of ether oxygens (including phenoxy) is 3. The van der Waals surface area contributed by atoms with Gasteiger partial charge in [-0.3, -0.25) is 14.0 Å². The lowest BCUT2D eigenvalue weighted by Gasteiger charge is -2.26. The molecule has 2 aromatic heterocycles. The highest BCUT2D eigenvalue weighted by Crippen LogP contribution is 2.26. The van der Waals surface area contributed by atoms with Gasteiger partial charge in [0.2, 0.25) is 5.88 Å². The number of amides is 1. The van der Waals surface area contributed by atoms with Gasteiger partial charge in [0.15, 0.2) is 0 Å². The van der Waals surface area contributed by atoms with Crippen molar-refractivity contribution in [2.24, 2.45) is 0 Å². The molecule has 9 heteroatoms. The Balaban J connectivity index is 1.80. The van der Waals surface area contributed by atoms with E-state index in [0.29, 0.717) is 43.4 Å². The van der Waals surface area contributed by atoms with Crippen LogP contribution in [0.4, 0.5) is 0 Å². The number of hydrogen-bond donors (Lipinski definition) is 0. The first-order valence-electron chi connectivity index (χ1n) is 9.93. The smallest absolute Gasteiger partial charge is 0.269 e. The Morgan fingerprint density at radius 2 is 1.88 bits per heavy atom. The number of rotatable bonds is 5. The average Bonchev–Trinajstić information content (AvgIpc) is 2.84. The second-order valence-corrected chi connectivity index (χ2v) is 6.92. The van der Waals surface area contributed by atoms with E-state index in [0.717, 1.165) is 0 Å². The van der Waals surface area contributed by atoms with Crippen LogP contribution in [0.25, 0.3) is 11.7 Å². The van der Waals surface area contributed by atoms with Gasteiger partial charge < -0.3 is 19.1 Å². The monoisotopic (exact) mass is 432 g/mol. The second-order valence-electron chi connectivity index (χ2n) is 6.92. The van der Waals surface area contributed by atoms with E-state index in [-0.39, 0.29) is 17.0 Å². The number of carbonyl (C=O) groups is 1. The van der Waals surface area contributed by atoms with Crippen molar-refractivity contribution in [2.75, 3.05) is 33.4 Å². The van der Waals surface area contributed by atoms with Crippen LogP contribution in [0.3, 0.4) is 0 Å². The molecule has 0 N–H and O–H groups in total. The summed E-state index contributed by atoms with van der Waals surface area (Å²) in [6.45, 7) is 1.55. The van der Waals surface area contributed by atoms with Crippen molar-refractivity contribution in [3.05, 3.63) is 70.2 Å². The van der Waals surface area contributed by atoms with Gasteiger partial charge in [-0.1, -0.05) is 6.07 Å². The lowest BCUT2D eigenvalue weighted by Crippen LogP contribution is -2.41. The zero-order valence-corrected chi connectivity index (χ0v) is 17.4. The molecule has 1 aliphatic heterocycles. The first-order valence-corrected chi connectivity index (χ1v) is 9.93. The van der Waals surface area contributed by atoms with Crippen LogP contribution in [0.15, 0.2) is 59.0 Å². The Labute approximate surface area is 183 Å². The molecule has 1 aliphatic rings. The molecule has 0 atom stereocenters. The number of benzene rings is 1. The van der Waals surface area contributed by atoms with Gasteiger partial charge in [-0.25, -0.2) is 0 Å². The van der Waals surface area contributed by atoms with Crippen LogP contribution in [0.2, 0.25) is 0 Å². The number of aromatic nitrogens is 2. The molecule has 1 amide bonds. The zero-order valence-electron chi connectivity index (χ0n) is 17.4. The molecular formula is C23H20N4O5. The summed E-state index contributed by atoms with van der Waals surface area (Å²) < 4.78 is 17.6. The van der Waals surface area contributed by atoms with E-state index < -0.39 is 11.5 Å². The Morgan fingerprint density at radius 3 is 2.56 bits per heavy atom. The van der Waals surface area contributed by atoms with Crippen molar-refractivity contribution in [1.29, 1.82) is 5.26 Å². The van der Waals surface area contributed by atoms with Gasteiger partial charge in [-0.05, 0) is 42.5 Å². The fourth-order valence-electron chi connectivity index (χ4n) is 3.26. The minimum absolute atomic E-state index is 0.00248. The van der Waals surface area contributed by atoms with Crippen molar-refractivity contribution < 1.29 is 19.0 Å². The largest absolute Gasteiger partial charge is 0.497 e. The van der Waals surface area contributed by atoms with Crippen LogP contribution in [0.1, 0.15) is 5.56 Å². The molecule has 0 unspecified atom stereocenters. The normalized spacial score (nSPS) is 14.1. The number of nitrogens with zero attached hydrogens (tertiary/aromatic N) is 4. The number of pyridine rings is 1. The minimum Gasteiger partial charge on any atom is -0.497 e. The molecule has 1 saturated heterocycles. The molecule has 162 valence electrons. The van der Waals surface area contributed by atoms with Gasteiger partial charge in [0.1, 0.15) is 34.4 Å². The topological polar surface area (TPSA) is 106 Å². The molecule has 0 aliphatic carbocycles. The first-order chi connectivity index (χ1) is 15.6. The SMILES string of the molecule is COc1ccc(Oc2nc3ccccn3c(=O)c2/C=C(\C#N)C(=O)N2CCOCC2)cc1. The van der Waals surface area contributed by atoms with E-state index in [2.05, 4.69) is 4.98 Å². The van der Waals surface area contributed by atoms with Crippen molar-refractivity contribution in [2.45, 2.75) is 0 Å². The summed E-state index contributed by atoms with van der Waals surface area (Å²) in [6, 6.07) is 13.8. The van der Waals surface area contributed by atoms with Gasteiger partial charge >= 0.3 is 0 Å². The summed E-state index contributed by atoms with van der Waals surface area (Å²) in [5.74, 6) is 0.593. The van der Waals surface area contributed by atoms with Crippen LogP contribution in [0, 0.1) is 11.3 Å². The fourth-order valence-corrected chi connectivity index (χ4v) is 3.26. The van der Waals surface area contributed by atoms with Gasteiger partial charge in [0.25, 0.3) is 11.5 Å². The highest BCUT2D eigenvalue weighted by atomic mass is 16.5. The Morgan fingerprint density at radius 1 is 1.16 bits per heavy atom. The molecule has 3 aromatic rings. The van der Waals surface area contributed by atoms with Crippen molar-refractivity contribution in [3.63, 3.8) is 0 Å². The van der Waals surface area contributed by atoms with Crippen molar-refractivity contribution in [3.8, 4) is 23.4 Å². The van der Waals surface area contributed by atoms with Gasteiger partial charge in [-0.15, -0.1) is 0 Å². The van der Waals surface area contributed by atoms with Gasteiger partial charge in [-0.2, -0.15) is 10.2 Å². The number of hydrogen-bond acceptors (Lipinski definition) is 7. The maximum atomic E-state index is 13.2. The average molecular weight is 432 g/mol. The summed E-state index contributed by atoms with van der Waals surface area (Å²) in [4.78, 5) is 32.0. The Kier molecular flexibility index (Phi) is 6.14. The van der Waals surface area contributed by atoms with Crippen LogP contribution in [-0.4, -0.2) is 53.6 Å². The predicted molar refractivity (Wildman–Crippen MR) is 116 cm³/mol. The van der Waals surface area contributed by atoms with E-state index in [1.54, 1.807) is 55.8 Å². The zero-order chi connectivity index (χ0) is 22.5. The molecule has 1 aromatic carbocycles.